The van der Waals surface area contributed by atoms with Gasteiger partial charge in [-0.05, 0) is 94.9 Å². The van der Waals surface area contributed by atoms with Gasteiger partial charge < -0.3 is 80.9 Å². The number of unbranched alkanes of at least 4 members (excludes halogenated alkanes) is 1. The number of aromatic nitrogens is 1. The molecule has 27 heteroatoms. The highest BCUT2D eigenvalue weighted by atomic mass is 32.2. The van der Waals surface area contributed by atoms with Gasteiger partial charge in [0.2, 0.25) is 65.0 Å². The van der Waals surface area contributed by atoms with Crippen LogP contribution in [0.4, 0.5) is 0 Å². The first-order valence-electron chi connectivity index (χ1n) is 25.7. The fourth-order valence-corrected chi connectivity index (χ4v) is 8.22. The molecule has 1 heterocycles. The Morgan fingerprint density at radius 1 is 0.623 bits per heavy atom. The van der Waals surface area contributed by atoms with Gasteiger partial charge in [-0.1, -0.05) is 52.3 Å². The van der Waals surface area contributed by atoms with E-state index < -0.39 is 144 Å². The average Bonchev–Trinajstić information content (AvgIpc) is 3.77. The second kappa shape index (κ2) is 33.3. The van der Waals surface area contributed by atoms with E-state index in [-0.39, 0.29) is 38.0 Å². The molecule has 1 aromatic carbocycles. The highest BCUT2D eigenvalue weighted by molar-refractivity contribution is 7.98. The molecule has 1 aromatic heterocycles. The lowest BCUT2D eigenvalue weighted by Crippen LogP contribution is -2.61. The first-order chi connectivity index (χ1) is 36.2. The molecule has 0 bridgehead atoms. The van der Waals surface area contributed by atoms with Crippen LogP contribution in [0.3, 0.4) is 0 Å². The molecule has 26 nitrogen and oxygen atoms in total. The Balaban J connectivity index is 2.23. The van der Waals surface area contributed by atoms with E-state index in [1.165, 1.54) is 32.5 Å². The van der Waals surface area contributed by atoms with Crippen LogP contribution in [0.2, 0.25) is 0 Å². The van der Waals surface area contributed by atoms with Gasteiger partial charge in [-0.15, -0.1) is 0 Å². The Hall–Kier alpha value is -6.84. The highest BCUT2D eigenvalue weighted by Gasteiger charge is 2.35. The Kier molecular flexibility index (Phi) is 28.7. The molecule has 19 N–H and O–H groups in total. The summed E-state index contributed by atoms with van der Waals surface area (Å²) >= 11 is 1.47. The van der Waals surface area contributed by atoms with Crippen LogP contribution in [0.25, 0.3) is 10.9 Å². The number of benzene rings is 1. The van der Waals surface area contributed by atoms with Crippen molar-refractivity contribution in [3.8, 4) is 0 Å². The van der Waals surface area contributed by atoms with Gasteiger partial charge in [0.05, 0.1) is 18.7 Å². The number of nitrogens with one attached hydrogen (secondary N) is 10. The molecule has 77 heavy (non-hydrogen) atoms. The minimum atomic E-state index is -1.59. The molecule has 10 atom stereocenters. The fraction of sp³-hybridized carbons (Fsp3) is 0.620. The molecule has 0 radical (unpaired) electrons. The van der Waals surface area contributed by atoms with Crippen molar-refractivity contribution in [3.05, 3.63) is 36.0 Å². The van der Waals surface area contributed by atoms with Gasteiger partial charge in [0.25, 0.3) is 0 Å². The molecule has 0 unspecified atom stereocenters. The molecular formula is C50H82N14O12S. The molecule has 0 fully saturated rings. The van der Waals surface area contributed by atoms with Crippen LogP contribution >= 0.6 is 11.8 Å². The molecule has 0 spiro atoms. The zero-order valence-corrected chi connectivity index (χ0v) is 46.1. The number of hydrogen-bond acceptors (Lipinski definition) is 15. The predicted molar refractivity (Wildman–Crippen MR) is 289 cm³/mol. The van der Waals surface area contributed by atoms with E-state index in [2.05, 4.69) is 52.8 Å². The summed E-state index contributed by atoms with van der Waals surface area (Å²) in [7, 11) is 0. The summed E-state index contributed by atoms with van der Waals surface area (Å²) in [5.74, 6) is -8.93. The van der Waals surface area contributed by atoms with Crippen molar-refractivity contribution in [1.82, 2.24) is 52.8 Å². The molecule has 11 amide bonds. The number of thioether (sulfide) groups is 1. The molecule has 0 aliphatic rings. The van der Waals surface area contributed by atoms with E-state index >= 15 is 0 Å². The average molecular weight is 1100 g/mol. The largest absolute Gasteiger partial charge is 0.391 e. The molecule has 0 saturated heterocycles. The topological polar surface area (TPSA) is 436 Å². The molecular weight excluding hydrogens is 1020 g/mol. The number of primary amides is 2. The van der Waals surface area contributed by atoms with Crippen LogP contribution in [0, 0.1) is 11.8 Å². The van der Waals surface area contributed by atoms with Crippen molar-refractivity contribution in [2.45, 2.75) is 160 Å². The van der Waals surface area contributed by atoms with Gasteiger partial charge in [-0.25, -0.2) is 0 Å². The number of aliphatic hydroxyl groups excluding tert-OH is 1. The van der Waals surface area contributed by atoms with Crippen LogP contribution in [0.5, 0.6) is 0 Å². The zero-order chi connectivity index (χ0) is 58.1. The van der Waals surface area contributed by atoms with E-state index in [4.69, 9.17) is 22.9 Å². The summed E-state index contributed by atoms with van der Waals surface area (Å²) in [4.78, 5) is 148. The van der Waals surface area contributed by atoms with E-state index in [0.29, 0.717) is 41.6 Å². The van der Waals surface area contributed by atoms with Crippen LogP contribution in [0.1, 0.15) is 99.0 Å². The number of carbonyl (C=O) groups excluding carboxylic acids is 11. The lowest BCUT2D eigenvalue weighted by atomic mass is 10.0. The maximum Gasteiger partial charge on any atom is 0.245 e. The minimum absolute atomic E-state index is 0.0510. The van der Waals surface area contributed by atoms with E-state index in [1.807, 2.05) is 20.1 Å². The van der Waals surface area contributed by atoms with Gasteiger partial charge in [-0.2, -0.15) is 11.8 Å². The molecule has 2 aromatic rings. The Morgan fingerprint density at radius 3 is 1.79 bits per heavy atom. The first-order valence-corrected chi connectivity index (χ1v) is 27.0. The second-order valence-corrected chi connectivity index (χ2v) is 20.7. The van der Waals surface area contributed by atoms with Crippen molar-refractivity contribution in [2.75, 3.05) is 25.1 Å². The molecule has 0 aliphatic carbocycles. The van der Waals surface area contributed by atoms with Crippen molar-refractivity contribution in [1.29, 1.82) is 0 Å². The molecule has 0 saturated carbocycles. The third-order valence-corrected chi connectivity index (χ3v) is 12.9. The van der Waals surface area contributed by atoms with Crippen LogP contribution in [0.15, 0.2) is 30.5 Å². The third-order valence-electron chi connectivity index (χ3n) is 12.2. The lowest BCUT2D eigenvalue weighted by Gasteiger charge is -2.27. The van der Waals surface area contributed by atoms with Gasteiger partial charge in [0, 0.05) is 29.9 Å². The Labute approximate surface area is 453 Å². The first kappa shape index (κ1) is 66.3. The number of para-hydroxylation sites is 1. The quantitative estimate of drug-likeness (QED) is 0.0302. The number of rotatable bonds is 35. The van der Waals surface area contributed by atoms with Gasteiger partial charge >= 0.3 is 0 Å². The van der Waals surface area contributed by atoms with Crippen molar-refractivity contribution < 1.29 is 57.8 Å². The normalized spacial score (nSPS) is 15.2. The van der Waals surface area contributed by atoms with Crippen molar-refractivity contribution in [3.63, 3.8) is 0 Å². The maximum atomic E-state index is 14.2. The monoisotopic (exact) mass is 1100 g/mol. The number of aromatic amines is 1. The van der Waals surface area contributed by atoms with Crippen LogP contribution in [-0.2, 0) is 59.2 Å². The standard InChI is InChI=1S/C50H82N14O12S/c1-25(2)21-36(48(74)59-34(42(54)68)18-20-77-8)61-43(69)27(5)57-39(67)24-56-49(75)40(26(3)4)63-44(70)28(6)58-47(73)37(22-30-23-55-33-15-10-9-13-31(30)33)62-46(72)35(16-17-38(53)66)60-50(76)41(29(7)65)64-45(71)32(52)14-11-12-19-51/h9-10,13,15,23,25-29,32,34-37,40-41,55,65H,11-12,14,16-22,24,51-52H2,1-8H3,(H2,53,66)(H2,54,68)(H,56,75)(H,57,67)(H,58,73)(H,59,74)(H,60,76)(H,61,69)(H,62,72)(H,63,70)(H,64,71)/t27-,28-,29+,32-,34-,35-,36-,37-,40-,41-/m0/s1. The van der Waals surface area contributed by atoms with E-state index in [1.54, 1.807) is 44.3 Å². The van der Waals surface area contributed by atoms with Gasteiger partial charge in [0.1, 0.15) is 48.3 Å². The van der Waals surface area contributed by atoms with Crippen molar-refractivity contribution in [2.24, 2.45) is 34.8 Å². The molecule has 0 aliphatic heterocycles. The second-order valence-electron chi connectivity index (χ2n) is 19.7. The minimum Gasteiger partial charge on any atom is -0.391 e. The molecule has 430 valence electrons. The lowest BCUT2D eigenvalue weighted by molar-refractivity contribution is -0.136. The SMILES string of the molecule is CSCC[C@H](NC(=O)[C@H](CC(C)C)NC(=O)[C@H](C)NC(=O)CNC(=O)[C@@H](NC(=O)[C@H](C)NC(=O)[C@H](Cc1c[nH]c2ccccc12)NC(=O)[C@H](CCC(N)=O)NC(=O)[C@@H](NC(=O)[C@@H](N)CCCCN)[C@@H](C)O)C(C)C)C(N)=O. The zero-order valence-electron chi connectivity index (χ0n) is 45.2. The van der Waals surface area contributed by atoms with Gasteiger partial charge in [0.15, 0.2) is 0 Å². The summed E-state index contributed by atoms with van der Waals surface area (Å²) < 4.78 is 0. The summed E-state index contributed by atoms with van der Waals surface area (Å²) in [6.45, 7) is 10.6. The number of aliphatic hydroxyl groups is 1. The number of hydrogen-bond donors (Lipinski definition) is 15. The van der Waals surface area contributed by atoms with Crippen LogP contribution in [-0.4, -0.2) is 161 Å². The van der Waals surface area contributed by atoms with E-state index in [9.17, 15) is 57.8 Å². The number of fused-ring (bicyclic) bond motifs is 1. The summed E-state index contributed by atoms with van der Waals surface area (Å²) in [5, 5.41) is 33.9. The number of H-pyrrole nitrogens is 1. The van der Waals surface area contributed by atoms with E-state index in [0.717, 1.165) is 0 Å². The third kappa shape index (κ3) is 23.1. The van der Waals surface area contributed by atoms with Crippen LogP contribution < -0.4 is 70.8 Å². The number of carbonyl (C=O) groups is 11. The summed E-state index contributed by atoms with van der Waals surface area (Å²) in [6, 6.07) is -4.28. The maximum absolute atomic E-state index is 14.2. The summed E-state index contributed by atoms with van der Waals surface area (Å²) in [5.41, 5.74) is 23.7. The van der Waals surface area contributed by atoms with Crippen molar-refractivity contribution >= 4 is 87.6 Å². The summed E-state index contributed by atoms with van der Waals surface area (Å²) in [6.07, 6.45) is 2.93. The Bertz CT molecular complexity index is 2350. The highest BCUT2D eigenvalue weighted by Crippen LogP contribution is 2.20. The fourth-order valence-electron chi connectivity index (χ4n) is 7.75. The number of nitrogens with two attached hydrogens (primary N) is 4. The number of amides is 11. The Morgan fingerprint density at radius 2 is 1.19 bits per heavy atom. The molecule has 2 rings (SSSR count). The predicted octanol–water partition coefficient (Wildman–Crippen LogP) is -3.21. The smallest absolute Gasteiger partial charge is 0.245 e. The van der Waals surface area contributed by atoms with Gasteiger partial charge in [-0.3, -0.25) is 52.7 Å².